The van der Waals surface area contributed by atoms with Crippen molar-refractivity contribution >= 4 is 11.8 Å². The predicted octanol–water partition coefficient (Wildman–Crippen LogP) is 2.79. The fraction of sp³-hybridized carbons (Fsp3) is 0.0526. The van der Waals surface area contributed by atoms with E-state index in [0.717, 1.165) is 11.1 Å². The quantitative estimate of drug-likeness (QED) is 0.702. The minimum absolute atomic E-state index is 0.227. The molecular formula is C19H16N2O4. The van der Waals surface area contributed by atoms with Gasteiger partial charge in [0.15, 0.2) is 6.61 Å². The summed E-state index contributed by atoms with van der Waals surface area (Å²) in [4.78, 5) is 23.6. The Balaban J connectivity index is 1.57. The summed E-state index contributed by atoms with van der Waals surface area (Å²) in [7, 11) is 0. The van der Waals surface area contributed by atoms with Crippen molar-refractivity contribution in [1.29, 1.82) is 0 Å². The van der Waals surface area contributed by atoms with E-state index in [1.54, 1.807) is 6.07 Å². The molecule has 0 radical (unpaired) electrons. The third-order valence-electron chi connectivity index (χ3n) is 3.43. The minimum Gasteiger partial charge on any atom is -0.483 e. The van der Waals surface area contributed by atoms with Gasteiger partial charge in [-0.15, -0.1) is 0 Å². The lowest BCUT2D eigenvalue weighted by Gasteiger charge is -2.12. The van der Waals surface area contributed by atoms with Crippen molar-refractivity contribution in [3.05, 3.63) is 78.8 Å². The van der Waals surface area contributed by atoms with Crippen molar-refractivity contribution in [1.82, 2.24) is 10.9 Å². The summed E-state index contributed by atoms with van der Waals surface area (Å²) >= 11 is 0. The number of benzene rings is 2. The molecule has 0 aliphatic heterocycles. The second-order valence-corrected chi connectivity index (χ2v) is 5.17. The summed E-state index contributed by atoms with van der Waals surface area (Å²) in [5.74, 6) is -0.350. The Bertz CT molecular complexity index is 845. The summed E-state index contributed by atoms with van der Waals surface area (Å²) in [6.45, 7) is -0.227. The smallest absolute Gasteiger partial charge is 0.276 e. The van der Waals surface area contributed by atoms with Crippen LogP contribution in [0.25, 0.3) is 11.1 Å². The maximum absolute atomic E-state index is 11.9. The van der Waals surface area contributed by atoms with Gasteiger partial charge < -0.3 is 9.15 Å². The monoisotopic (exact) mass is 336 g/mol. The molecule has 2 amide bonds. The number of hydrogen-bond acceptors (Lipinski definition) is 4. The summed E-state index contributed by atoms with van der Waals surface area (Å²) in [6, 6.07) is 18.7. The van der Waals surface area contributed by atoms with Gasteiger partial charge in [-0.05, 0) is 17.7 Å². The van der Waals surface area contributed by atoms with Gasteiger partial charge in [0.25, 0.3) is 11.8 Å². The van der Waals surface area contributed by atoms with Gasteiger partial charge in [0.1, 0.15) is 12.0 Å². The fourth-order valence-electron chi connectivity index (χ4n) is 2.22. The Kier molecular flexibility index (Phi) is 5.11. The van der Waals surface area contributed by atoms with Crippen LogP contribution in [-0.4, -0.2) is 18.4 Å². The molecule has 25 heavy (non-hydrogen) atoms. The van der Waals surface area contributed by atoms with Crippen LogP contribution in [0.1, 0.15) is 10.4 Å². The van der Waals surface area contributed by atoms with Crippen molar-refractivity contribution in [2.24, 2.45) is 0 Å². The van der Waals surface area contributed by atoms with Gasteiger partial charge in [0.2, 0.25) is 0 Å². The van der Waals surface area contributed by atoms with Crippen LogP contribution in [0.15, 0.2) is 77.6 Å². The third-order valence-corrected chi connectivity index (χ3v) is 3.43. The van der Waals surface area contributed by atoms with Crippen LogP contribution in [0.2, 0.25) is 0 Å². The Morgan fingerprint density at radius 2 is 1.68 bits per heavy atom. The molecule has 1 heterocycles. The van der Waals surface area contributed by atoms with E-state index in [1.807, 2.05) is 48.5 Å². The van der Waals surface area contributed by atoms with Gasteiger partial charge in [-0.1, -0.05) is 48.5 Å². The average Bonchev–Trinajstić information content (AvgIpc) is 3.20. The lowest BCUT2D eigenvalue weighted by molar-refractivity contribution is -0.123. The SMILES string of the molecule is O=C(COc1ccccc1-c1ccccc1)NNC(=O)c1ccoc1. The van der Waals surface area contributed by atoms with E-state index in [2.05, 4.69) is 10.9 Å². The Morgan fingerprint density at radius 1 is 0.920 bits per heavy atom. The number of hydrazine groups is 1. The number of hydrogen-bond donors (Lipinski definition) is 2. The zero-order chi connectivity index (χ0) is 17.5. The third kappa shape index (κ3) is 4.26. The zero-order valence-electron chi connectivity index (χ0n) is 13.3. The van der Waals surface area contributed by atoms with Crippen LogP contribution in [-0.2, 0) is 4.79 Å². The lowest BCUT2D eigenvalue weighted by Crippen LogP contribution is -2.43. The lowest BCUT2D eigenvalue weighted by atomic mass is 10.1. The zero-order valence-corrected chi connectivity index (χ0v) is 13.3. The number of nitrogens with one attached hydrogen (secondary N) is 2. The number of carbonyl (C=O) groups excluding carboxylic acids is 2. The molecule has 0 fully saturated rings. The Hall–Kier alpha value is -3.54. The number of rotatable bonds is 5. The van der Waals surface area contributed by atoms with Gasteiger partial charge >= 0.3 is 0 Å². The molecule has 0 saturated carbocycles. The number of amides is 2. The standard InChI is InChI=1S/C19H16N2O4/c22-18(20-21-19(23)15-10-11-24-12-15)13-25-17-9-5-4-8-16(17)14-6-2-1-3-7-14/h1-12H,13H2,(H,20,22)(H,21,23). The Labute approximate surface area is 144 Å². The first kappa shape index (κ1) is 16.3. The molecule has 0 aliphatic carbocycles. The van der Waals surface area contributed by atoms with E-state index in [0.29, 0.717) is 11.3 Å². The molecule has 2 N–H and O–H groups in total. The largest absolute Gasteiger partial charge is 0.483 e. The Morgan fingerprint density at radius 3 is 2.44 bits per heavy atom. The van der Waals surface area contributed by atoms with E-state index >= 15 is 0 Å². The van der Waals surface area contributed by atoms with E-state index in [4.69, 9.17) is 9.15 Å². The van der Waals surface area contributed by atoms with E-state index in [1.165, 1.54) is 18.6 Å². The van der Waals surface area contributed by atoms with Crippen LogP contribution in [0.5, 0.6) is 5.75 Å². The molecule has 0 saturated heterocycles. The number of carbonyl (C=O) groups is 2. The summed E-state index contributed by atoms with van der Waals surface area (Å²) in [5, 5.41) is 0. The van der Waals surface area contributed by atoms with Crippen molar-refractivity contribution < 1.29 is 18.7 Å². The molecule has 1 aromatic heterocycles. The molecule has 3 aromatic rings. The fourth-order valence-corrected chi connectivity index (χ4v) is 2.22. The molecule has 6 heteroatoms. The molecule has 2 aromatic carbocycles. The van der Waals surface area contributed by atoms with Crippen molar-refractivity contribution in [2.75, 3.05) is 6.61 Å². The molecule has 0 spiro atoms. The maximum Gasteiger partial charge on any atom is 0.276 e. The first-order chi connectivity index (χ1) is 12.2. The highest BCUT2D eigenvalue weighted by molar-refractivity contribution is 5.95. The summed E-state index contributed by atoms with van der Waals surface area (Å²) in [6.07, 6.45) is 2.66. The molecule has 0 unspecified atom stereocenters. The van der Waals surface area contributed by atoms with Gasteiger partial charge in [0, 0.05) is 5.56 Å². The van der Waals surface area contributed by atoms with Gasteiger partial charge in [0.05, 0.1) is 11.8 Å². The molecule has 0 atom stereocenters. The molecule has 0 aliphatic rings. The minimum atomic E-state index is -0.472. The topological polar surface area (TPSA) is 80.6 Å². The highest BCUT2D eigenvalue weighted by atomic mass is 16.5. The van der Waals surface area contributed by atoms with Crippen LogP contribution in [0.4, 0.5) is 0 Å². The van der Waals surface area contributed by atoms with Gasteiger partial charge in [-0.3, -0.25) is 20.4 Å². The normalized spacial score (nSPS) is 10.1. The highest BCUT2D eigenvalue weighted by Crippen LogP contribution is 2.29. The van der Waals surface area contributed by atoms with E-state index in [-0.39, 0.29) is 6.61 Å². The first-order valence-electron chi connectivity index (χ1n) is 7.62. The second kappa shape index (κ2) is 7.83. The second-order valence-electron chi connectivity index (χ2n) is 5.17. The van der Waals surface area contributed by atoms with Crippen LogP contribution >= 0.6 is 0 Å². The summed E-state index contributed by atoms with van der Waals surface area (Å²) in [5.41, 5.74) is 6.78. The number of ether oxygens (including phenoxy) is 1. The van der Waals surface area contributed by atoms with Crippen molar-refractivity contribution in [2.45, 2.75) is 0 Å². The van der Waals surface area contributed by atoms with Crippen molar-refractivity contribution in [3.8, 4) is 16.9 Å². The molecular weight excluding hydrogens is 320 g/mol. The van der Waals surface area contributed by atoms with Crippen molar-refractivity contribution in [3.63, 3.8) is 0 Å². The molecule has 6 nitrogen and oxygen atoms in total. The van der Waals surface area contributed by atoms with Gasteiger partial charge in [-0.2, -0.15) is 0 Å². The average molecular weight is 336 g/mol. The number of para-hydroxylation sites is 1. The van der Waals surface area contributed by atoms with E-state index in [9.17, 15) is 9.59 Å². The van der Waals surface area contributed by atoms with Crippen LogP contribution in [0, 0.1) is 0 Å². The van der Waals surface area contributed by atoms with Crippen LogP contribution in [0.3, 0.4) is 0 Å². The van der Waals surface area contributed by atoms with Gasteiger partial charge in [-0.25, -0.2) is 0 Å². The molecule has 0 bridgehead atoms. The predicted molar refractivity (Wildman–Crippen MR) is 91.7 cm³/mol. The highest BCUT2D eigenvalue weighted by Gasteiger charge is 2.10. The molecule has 126 valence electrons. The summed E-state index contributed by atoms with van der Waals surface area (Å²) < 4.78 is 10.4. The number of furan rings is 1. The first-order valence-corrected chi connectivity index (χ1v) is 7.62. The van der Waals surface area contributed by atoms with Crippen LogP contribution < -0.4 is 15.6 Å². The maximum atomic E-state index is 11.9. The molecule has 3 rings (SSSR count). The van der Waals surface area contributed by atoms with E-state index < -0.39 is 11.8 Å².